The smallest absolute Gasteiger partial charge is 0.335 e. The molecule has 1 saturated heterocycles. The third-order valence-corrected chi connectivity index (χ3v) is 7.15. The number of carbonyl (C=O) groups is 3. The van der Waals surface area contributed by atoms with E-state index in [1.807, 2.05) is 18.2 Å². The lowest BCUT2D eigenvalue weighted by Gasteiger charge is -2.34. The van der Waals surface area contributed by atoms with Crippen LogP contribution in [0, 0.1) is 5.92 Å². The number of carboxylic acid groups (broad SMARTS) is 1. The number of carboxylic acids is 1. The molecule has 9 heteroatoms. The van der Waals surface area contributed by atoms with E-state index >= 15 is 0 Å². The van der Waals surface area contributed by atoms with Gasteiger partial charge in [-0.3, -0.25) is 9.59 Å². The van der Waals surface area contributed by atoms with Gasteiger partial charge in [-0.2, -0.15) is 0 Å². The van der Waals surface area contributed by atoms with Crippen molar-refractivity contribution in [2.45, 2.75) is 19.8 Å². The SMILES string of the molecule is CCOC(=O)[C@@H]1CCCN(c2cc(Nc3cccc(C(=O)O)c3)c3c4c(onc24)-c2ccccc2C3=O)C1. The molecule has 38 heavy (non-hydrogen) atoms. The van der Waals surface area contributed by atoms with Crippen molar-refractivity contribution < 1.29 is 28.8 Å². The van der Waals surface area contributed by atoms with Gasteiger partial charge in [-0.15, -0.1) is 0 Å². The summed E-state index contributed by atoms with van der Waals surface area (Å²) in [4.78, 5) is 40.0. The molecule has 0 amide bonds. The lowest BCUT2D eigenvalue weighted by molar-refractivity contribution is -0.148. The van der Waals surface area contributed by atoms with Crippen LogP contribution in [0.1, 0.15) is 46.0 Å². The molecule has 2 heterocycles. The molecule has 0 spiro atoms. The first-order chi connectivity index (χ1) is 18.5. The number of esters is 1. The van der Waals surface area contributed by atoms with Gasteiger partial charge in [0.05, 0.1) is 40.4 Å². The molecule has 2 N–H and O–H groups in total. The van der Waals surface area contributed by atoms with Crippen LogP contribution in [0.25, 0.3) is 22.2 Å². The van der Waals surface area contributed by atoms with Crippen molar-refractivity contribution in [1.82, 2.24) is 5.16 Å². The van der Waals surface area contributed by atoms with Gasteiger partial charge < -0.3 is 24.6 Å². The first-order valence-corrected chi connectivity index (χ1v) is 12.6. The Balaban J connectivity index is 1.52. The van der Waals surface area contributed by atoms with Crippen molar-refractivity contribution in [3.63, 3.8) is 0 Å². The second kappa shape index (κ2) is 9.33. The second-order valence-corrected chi connectivity index (χ2v) is 9.48. The molecular weight excluding hydrogens is 486 g/mol. The highest BCUT2D eigenvalue weighted by atomic mass is 16.5. The maximum atomic E-state index is 13.8. The molecule has 1 aromatic heterocycles. The first-order valence-electron chi connectivity index (χ1n) is 12.6. The quantitative estimate of drug-likeness (QED) is 0.294. The van der Waals surface area contributed by atoms with Crippen LogP contribution in [0.15, 0.2) is 59.1 Å². The Labute approximate surface area is 218 Å². The molecule has 1 aliphatic carbocycles. The predicted octanol–water partition coefficient (Wildman–Crippen LogP) is 5.26. The average molecular weight is 512 g/mol. The lowest BCUT2D eigenvalue weighted by Crippen LogP contribution is -2.39. The van der Waals surface area contributed by atoms with Gasteiger partial charge in [0, 0.05) is 29.9 Å². The van der Waals surface area contributed by atoms with Crippen molar-refractivity contribution >= 4 is 45.7 Å². The number of aromatic nitrogens is 1. The van der Waals surface area contributed by atoms with Gasteiger partial charge in [0.15, 0.2) is 11.5 Å². The Morgan fingerprint density at radius 3 is 2.76 bits per heavy atom. The minimum atomic E-state index is -1.05. The highest BCUT2D eigenvalue weighted by molar-refractivity contribution is 6.28. The third-order valence-electron chi connectivity index (χ3n) is 7.15. The van der Waals surface area contributed by atoms with E-state index in [2.05, 4.69) is 15.4 Å². The molecule has 0 radical (unpaired) electrons. The zero-order valence-electron chi connectivity index (χ0n) is 20.7. The molecule has 1 atom stereocenters. The Hall–Kier alpha value is -4.66. The zero-order valence-corrected chi connectivity index (χ0v) is 20.7. The molecular formula is C29H25N3O6. The summed E-state index contributed by atoms with van der Waals surface area (Å²) in [5.41, 5.74) is 4.04. The summed E-state index contributed by atoms with van der Waals surface area (Å²) in [5, 5.41) is 17.7. The number of nitrogens with zero attached hydrogens (tertiary/aromatic N) is 2. The fourth-order valence-corrected chi connectivity index (χ4v) is 5.42. The van der Waals surface area contributed by atoms with Crippen molar-refractivity contribution in [3.8, 4) is 11.3 Å². The van der Waals surface area contributed by atoms with E-state index in [-0.39, 0.29) is 23.2 Å². The second-order valence-electron chi connectivity index (χ2n) is 9.48. The molecule has 0 saturated carbocycles. The molecule has 9 nitrogen and oxygen atoms in total. The number of anilines is 3. The summed E-state index contributed by atoms with van der Waals surface area (Å²) in [5.74, 6) is -1.21. The number of ketones is 1. The average Bonchev–Trinajstić information content (AvgIpc) is 3.37. The molecule has 0 bridgehead atoms. The van der Waals surface area contributed by atoms with Crippen molar-refractivity contribution in [1.29, 1.82) is 0 Å². The van der Waals surface area contributed by atoms with Crippen molar-refractivity contribution in [3.05, 3.63) is 71.3 Å². The molecule has 0 unspecified atom stereocenters. The predicted molar refractivity (Wildman–Crippen MR) is 141 cm³/mol. The number of hydrogen-bond donors (Lipinski definition) is 2. The van der Waals surface area contributed by atoms with Gasteiger partial charge in [-0.25, -0.2) is 4.79 Å². The summed E-state index contributed by atoms with van der Waals surface area (Å²) in [6.45, 7) is 3.27. The number of piperidine rings is 1. The van der Waals surface area contributed by atoms with E-state index in [1.165, 1.54) is 12.1 Å². The number of nitrogens with one attached hydrogen (secondary N) is 1. The molecule has 1 aliphatic heterocycles. The van der Waals surface area contributed by atoms with E-state index < -0.39 is 5.97 Å². The van der Waals surface area contributed by atoms with Gasteiger partial charge in [0.25, 0.3) is 0 Å². The fraction of sp³-hybridized carbons (Fsp3) is 0.241. The molecule has 1 fully saturated rings. The van der Waals surface area contributed by atoms with Crippen LogP contribution in [0.2, 0.25) is 0 Å². The van der Waals surface area contributed by atoms with Crippen LogP contribution >= 0.6 is 0 Å². The van der Waals surface area contributed by atoms with Gasteiger partial charge in [-0.1, -0.05) is 35.5 Å². The topological polar surface area (TPSA) is 122 Å². The number of fused-ring (bicyclic) bond motifs is 2. The van der Waals surface area contributed by atoms with E-state index in [0.29, 0.717) is 64.4 Å². The number of carbonyl (C=O) groups excluding carboxylic acids is 2. The normalized spacial score (nSPS) is 16.3. The van der Waals surface area contributed by atoms with Crippen molar-refractivity contribution in [2.75, 3.05) is 29.9 Å². The molecule has 4 aromatic rings. The Morgan fingerprint density at radius 1 is 1.16 bits per heavy atom. The summed E-state index contributed by atoms with van der Waals surface area (Å²) in [7, 11) is 0. The molecule has 2 aliphatic rings. The van der Waals surface area contributed by atoms with Crippen LogP contribution in [-0.4, -0.2) is 47.7 Å². The number of rotatable bonds is 6. The van der Waals surface area contributed by atoms with Crippen LogP contribution in [0.5, 0.6) is 0 Å². The largest absolute Gasteiger partial charge is 0.478 e. The van der Waals surface area contributed by atoms with Crippen LogP contribution in [0.3, 0.4) is 0 Å². The van der Waals surface area contributed by atoms with E-state index in [1.54, 1.807) is 31.2 Å². The number of hydrogen-bond acceptors (Lipinski definition) is 8. The van der Waals surface area contributed by atoms with E-state index in [0.717, 1.165) is 18.5 Å². The lowest BCUT2D eigenvalue weighted by atomic mass is 9.86. The van der Waals surface area contributed by atoms with Crippen LogP contribution < -0.4 is 10.2 Å². The van der Waals surface area contributed by atoms with E-state index in [4.69, 9.17) is 9.26 Å². The van der Waals surface area contributed by atoms with Crippen molar-refractivity contribution in [2.24, 2.45) is 5.92 Å². The number of benzene rings is 3. The minimum absolute atomic E-state index is 0.126. The first kappa shape index (κ1) is 23.7. The zero-order chi connectivity index (χ0) is 26.4. The number of aromatic carboxylic acids is 1. The summed E-state index contributed by atoms with van der Waals surface area (Å²) >= 11 is 0. The summed E-state index contributed by atoms with van der Waals surface area (Å²) in [6.07, 6.45) is 1.53. The maximum absolute atomic E-state index is 13.8. The van der Waals surface area contributed by atoms with Gasteiger partial charge in [-0.05, 0) is 44.0 Å². The monoisotopic (exact) mass is 511 g/mol. The molecule has 192 valence electrons. The Bertz CT molecular complexity index is 1610. The molecule has 3 aromatic carbocycles. The minimum Gasteiger partial charge on any atom is -0.478 e. The molecule has 6 rings (SSSR count). The highest BCUT2D eigenvalue weighted by Gasteiger charge is 2.35. The highest BCUT2D eigenvalue weighted by Crippen LogP contribution is 2.46. The Morgan fingerprint density at radius 2 is 1.97 bits per heavy atom. The summed E-state index contributed by atoms with van der Waals surface area (Å²) in [6, 6.07) is 15.5. The van der Waals surface area contributed by atoms with E-state index in [9.17, 15) is 19.5 Å². The van der Waals surface area contributed by atoms with Gasteiger partial charge in [0.1, 0.15) is 5.52 Å². The number of ether oxygens (including phenoxy) is 1. The van der Waals surface area contributed by atoms with Gasteiger partial charge >= 0.3 is 11.9 Å². The van der Waals surface area contributed by atoms with Crippen LogP contribution in [0.4, 0.5) is 17.1 Å². The van der Waals surface area contributed by atoms with Crippen LogP contribution in [-0.2, 0) is 9.53 Å². The standard InChI is InChI=1S/C29H25N3O6/c1-2-37-29(36)17-8-6-12-32(15-17)22-14-21(30-18-9-5-7-16(13-18)28(34)35)23-24-25(22)31-38-27(24)20-11-4-3-10-19(20)26(23)33/h3-5,7,9-11,13-14,17,30H,2,6,8,12,15H2,1H3,(H,34,35)/t17-/m1/s1. The van der Waals surface area contributed by atoms with Gasteiger partial charge in [0.2, 0.25) is 0 Å². The maximum Gasteiger partial charge on any atom is 0.335 e. The Kier molecular flexibility index (Phi) is 5.83. The third kappa shape index (κ3) is 3.87. The summed E-state index contributed by atoms with van der Waals surface area (Å²) < 4.78 is 11.1. The fourth-order valence-electron chi connectivity index (χ4n) is 5.42.